The van der Waals surface area contributed by atoms with E-state index >= 15 is 0 Å². The van der Waals surface area contributed by atoms with Crippen molar-refractivity contribution in [1.82, 2.24) is 0 Å². The van der Waals surface area contributed by atoms with Crippen LogP contribution >= 0.6 is 0 Å². The van der Waals surface area contributed by atoms with E-state index in [1.54, 1.807) is 6.07 Å². The predicted octanol–water partition coefficient (Wildman–Crippen LogP) is 4.04. The van der Waals surface area contributed by atoms with E-state index in [9.17, 15) is 9.18 Å². The molecule has 1 aromatic carbocycles. The molecule has 0 amide bonds. The molecular weight excluding hydrogens is 229 g/mol. The molecule has 100 valence electrons. The van der Waals surface area contributed by atoms with Crippen LogP contribution in [0.2, 0.25) is 0 Å². The largest absolute Gasteiger partial charge is 0.371 e. The fourth-order valence-electron chi connectivity index (χ4n) is 1.88. The number of carbonyl (C=O) groups excluding carboxylic acids is 1. The van der Waals surface area contributed by atoms with Crippen molar-refractivity contribution >= 4 is 12.0 Å². The van der Waals surface area contributed by atoms with E-state index < -0.39 is 5.82 Å². The lowest BCUT2D eigenvalue weighted by Gasteiger charge is -2.24. The molecule has 0 unspecified atom stereocenters. The number of carbonyl (C=O) groups is 1. The van der Waals surface area contributed by atoms with Crippen LogP contribution in [0.1, 0.15) is 49.9 Å². The first-order valence-corrected chi connectivity index (χ1v) is 6.72. The van der Waals surface area contributed by atoms with Crippen LogP contribution in [0.4, 0.5) is 10.1 Å². The molecule has 0 spiro atoms. The molecule has 18 heavy (non-hydrogen) atoms. The zero-order chi connectivity index (χ0) is 13.4. The first kappa shape index (κ1) is 14.7. The van der Waals surface area contributed by atoms with E-state index in [4.69, 9.17) is 0 Å². The molecule has 0 saturated heterocycles. The van der Waals surface area contributed by atoms with Crippen LogP contribution in [-0.4, -0.2) is 19.4 Å². The highest BCUT2D eigenvalue weighted by atomic mass is 19.1. The number of benzene rings is 1. The van der Waals surface area contributed by atoms with Crippen molar-refractivity contribution in [3.8, 4) is 0 Å². The normalized spacial score (nSPS) is 10.4. The molecule has 2 nitrogen and oxygen atoms in total. The summed E-state index contributed by atoms with van der Waals surface area (Å²) in [4.78, 5) is 12.8. The minimum Gasteiger partial charge on any atom is -0.371 e. The van der Waals surface area contributed by atoms with Gasteiger partial charge in [-0.05, 0) is 31.0 Å². The van der Waals surface area contributed by atoms with Gasteiger partial charge in [-0.15, -0.1) is 0 Å². The molecule has 0 aliphatic heterocycles. The van der Waals surface area contributed by atoms with Gasteiger partial charge in [0, 0.05) is 18.8 Å². The van der Waals surface area contributed by atoms with E-state index in [1.807, 2.05) is 6.07 Å². The highest BCUT2D eigenvalue weighted by molar-refractivity contribution is 5.76. The minimum absolute atomic E-state index is 0.129. The second kappa shape index (κ2) is 7.85. The number of unbranched alkanes of at least 4 members (excludes halogenated alkanes) is 2. The van der Waals surface area contributed by atoms with Crippen molar-refractivity contribution in [3.63, 3.8) is 0 Å². The lowest BCUT2D eigenvalue weighted by atomic mass is 10.1. The topological polar surface area (TPSA) is 20.3 Å². The third kappa shape index (κ3) is 4.13. The molecule has 1 aromatic rings. The average molecular weight is 251 g/mol. The maximum atomic E-state index is 13.6. The van der Waals surface area contributed by atoms with Crippen LogP contribution in [0.15, 0.2) is 18.2 Å². The Kier molecular flexibility index (Phi) is 6.40. The standard InChI is InChI=1S/C15H22FNO/c1-3-5-9-17(10-6-4-2)14-8-7-13(12-18)15(16)11-14/h7-8,11-12H,3-6,9-10H2,1-2H3. The lowest BCUT2D eigenvalue weighted by Crippen LogP contribution is -2.25. The number of hydrogen-bond donors (Lipinski definition) is 0. The van der Waals surface area contributed by atoms with Crippen molar-refractivity contribution in [2.24, 2.45) is 0 Å². The summed E-state index contributed by atoms with van der Waals surface area (Å²) in [5, 5.41) is 0. The molecule has 1 rings (SSSR count). The van der Waals surface area contributed by atoms with Gasteiger partial charge in [0.2, 0.25) is 0 Å². The van der Waals surface area contributed by atoms with Crippen molar-refractivity contribution < 1.29 is 9.18 Å². The number of halogens is 1. The number of aldehydes is 1. The number of hydrogen-bond acceptors (Lipinski definition) is 2. The van der Waals surface area contributed by atoms with Gasteiger partial charge in [-0.3, -0.25) is 4.79 Å². The van der Waals surface area contributed by atoms with Gasteiger partial charge in [-0.2, -0.15) is 0 Å². The molecule has 0 atom stereocenters. The molecule has 3 heteroatoms. The van der Waals surface area contributed by atoms with Crippen LogP contribution < -0.4 is 4.90 Å². The maximum Gasteiger partial charge on any atom is 0.152 e. The molecule has 0 saturated carbocycles. The molecule has 0 aromatic heterocycles. The van der Waals surface area contributed by atoms with Gasteiger partial charge in [-0.1, -0.05) is 26.7 Å². The Morgan fingerprint density at radius 2 is 1.78 bits per heavy atom. The van der Waals surface area contributed by atoms with Crippen LogP contribution in [0.5, 0.6) is 0 Å². The molecule has 0 aliphatic rings. The Bertz CT molecular complexity index is 371. The van der Waals surface area contributed by atoms with Crippen molar-refractivity contribution in [2.75, 3.05) is 18.0 Å². The molecule has 0 radical (unpaired) electrons. The summed E-state index contributed by atoms with van der Waals surface area (Å²) in [5.74, 6) is -0.430. The summed E-state index contributed by atoms with van der Waals surface area (Å²) >= 11 is 0. The maximum absolute atomic E-state index is 13.6. The second-order valence-corrected chi connectivity index (χ2v) is 4.52. The van der Waals surface area contributed by atoms with Gasteiger partial charge in [0.25, 0.3) is 0 Å². The van der Waals surface area contributed by atoms with Crippen molar-refractivity contribution in [2.45, 2.75) is 39.5 Å². The lowest BCUT2D eigenvalue weighted by molar-refractivity contribution is 0.112. The van der Waals surface area contributed by atoms with Crippen molar-refractivity contribution in [3.05, 3.63) is 29.6 Å². The zero-order valence-electron chi connectivity index (χ0n) is 11.3. The molecule has 0 aliphatic carbocycles. The summed E-state index contributed by atoms with van der Waals surface area (Å²) in [7, 11) is 0. The summed E-state index contributed by atoms with van der Waals surface area (Å²) < 4.78 is 13.6. The van der Waals surface area contributed by atoms with Crippen molar-refractivity contribution in [1.29, 1.82) is 0 Å². The third-order valence-corrected chi connectivity index (χ3v) is 3.04. The summed E-state index contributed by atoms with van der Waals surface area (Å²) in [6, 6.07) is 4.86. The number of nitrogens with zero attached hydrogens (tertiary/aromatic N) is 1. The number of anilines is 1. The fourth-order valence-corrected chi connectivity index (χ4v) is 1.88. The van der Waals surface area contributed by atoms with Crippen LogP contribution in [-0.2, 0) is 0 Å². The van der Waals surface area contributed by atoms with Gasteiger partial charge >= 0.3 is 0 Å². The highest BCUT2D eigenvalue weighted by Crippen LogP contribution is 2.19. The first-order chi connectivity index (χ1) is 8.72. The van der Waals surface area contributed by atoms with Crippen LogP contribution in [0.3, 0.4) is 0 Å². The van der Waals surface area contributed by atoms with E-state index in [0.717, 1.165) is 44.5 Å². The average Bonchev–Trinajstić information content (AvgIpc) is 2.39. The third-order valence-electron chi connectivity index (χ3n) is 3.04. The Hall–Kier alpha value is -1.38. The van der Waals surface area contributed by atoms with E-state index in [-0.39, 0.29) is 5.56 Å². The van der Waals surface area contributed by atoms with Gasteiger partial charge < -0.3 is 4.90 Å². The molecule has 0 bridgehead atoms. The van der Waals surface area contributed by atoms with Gasteiger partial charge in [-0.25, -0.2) is 4.39 Å². The Labute approximate surface area is 109 Å². The Morgan fingerprint density at radius 1 is 1.17 bits per heavy atom. The van der Waals surface area contributed by atoms with Gasteiger partial charge in [0.05, 0.1) is 5.56 Å². The van der Waals surface area contributed by atoms with Gasteiger partial charge in [0.15, 0.2) is 6.29 Å². The van der Waals surface area contributed by atoms with E-state index in [0.29, 0.717) is 6.29 Å². The highest BCUT2D eigenvalue weighted by Gasteiger charge is 2.08. The van der Waals surface area contributed by atoms with Gasteiger partial charge in [0.1, 0.15) is 5.82 Å². The SMILES string of the molecule is CCCCN(CCCC)c1ccc(C=O)c(F)c1. The zero-order valence-corrected chi connectivity index (χ0v) is 11.3. The molecular formula is C15H22FNO. The second-order valence-electron chi connectivity index (χ2n) is 4.52. The first-order valence-electron chi connectivity index (χ1n) is 6.72. The van der Waals surface area contributed by atoms with E-state index in [2.05, 4.69) is 18.7 Å². The van der Waals surface area contributed by atoms with E-state index in [1.165, 1.54) is 6.07 Å². The summed E-state index contributed by atoms with van der Waals surface area (Å²) in [6.45, 7) is 6.18. The summed E-state index contributed by atoms with van der Waals surface area (Å²) in [5.41, 5.74) is 1.00. The molecule has 0 fully saturated rings. The fraction of sp³-hybridized carbons (Fsp3) is 0.533. The summed E-state index contributed by atoms with van der Waals surface area (Å²) in [6.07, 6.45) is 5.00. The van der Waals surface area contributed by atoms with Crippen LogP contribution in [0.25, 0.3) is 0 Å². The Balaban J connectivity index is 2.82. The molecule has 0 heterocycles. The minimum atomic E-state index is -0.430. The monoisotopic (exact) mass is 251 g/mol. The molecule has 0 N–H and O–H groups in total. The predicted molar refractivity (Wildman–Crippen MR) is 73.8 cm³/mol. The Morgan fingerprint density at radius 3 is 2.22 bits per heavy atom. The quantitative estimate of drug-likeness (QED) is 0.650. The smallest absolute Gasteiger partial charge is 0.152 e. The number of rotatable bonds is 8. The van der Waals surface area contributed by atoms with Crippen LogP contribution in [0, 0.1) is 5.82 Å².